The van der Waals surface area contributed by atoms with Crippen LogP contribution in [0.1, 0.15) is 31.2 Å². The quantitative estimate of drug-likeness (QED) is 0.736. The highest BCUT2D eigenvalue weighted by Crippen LogP contribution is 2.23. The van der Waals surface area contributed by atoms with Crippen molar-refractivity contribution in [3.63, 3.8) is 0 Å². The molecule has 0 saturated heterocycles. The van der Waals surface area contributed by atoms with E-state index in [1.54, 1.807) is 24.3 Å². The van der Waals surface area contributed by atoms with Gasteiger partial charge in [0, 0.05) is 6.04 Å². The highest BCUT2D eigenvalue weighted by atomic mass is 32.2. The summed E-state index contributed by atoms with van der Waals surface area (Å²) in [4.78, 5) is 12.3. The zero-order valence-electron chi connectivity index (χ0n) is 16.0. The minimum atomic E-state index is -3.58. The second-order valence-electron chi connectivity index (χ2n) is 7.09. The first-order chi connectivity index (χ1) is 13.4. The monoisotopic (exact) mass is 402 g/mol. The predicted octanol–water partition coefficient (Wildman–Crippen LogP) is 3.09. The molecule has 0 bridgehead atoms. The van der Waals surface area contributed by atoms with Crippen molar-refractivity contribution in [2.45, 2.75) is 38.3 Å². The molecule has 3 rings (SSSR count). The van der Waals surface area contributed by atoms with Gasteiger partial charge >= 0.3 is 0 Å². The van der Waals surface area contributed by atoms with Crippen molar-refractivity contribution in [3.8, 4) is 5.75 Å². The SMILES string of the molecule is CS(=O)(=O)N(CC(=O)NC1CCCC1)c1ccc(OCc2ccccc2)cc1. The van der Waals surface area contributed by atoms with Gasteiger partial charge in [-0.1, -0.05) is 43.2 Å². The molecule has 0 spiro atoms. The van der Waals surface area contributed by atoms with Crippen LogP contribution in [-0.4, -0.2) is 33.2 Å². The molecular weight excluding hydrogens is 376 g/mol. The average molecular weight is 403 g/mol. The summed E-state index contributed by atoms with van der Waals surface area (Å²) in [5, 5.41) is 2.93. The highest BCUT2D eigenvalue weighted by molar-refractivity contribution is 7.92. The first-order valence-electron chi connectivity index (χ1n) is 9.46. The number of carbonyl (C=O) groups excluding carboxylic acids is 1. The summed E-state index contributed by atoms with van der Waals surface area (Å²) in [5.41, 5.74) is 1.49. The normalized spacial score (nSPS) is 14.6. The number of ether oxygens (including phenoxy) is 1. The smallest absolute Gasteiger partial charge is 0.240 e. The topological polar surface area (TPSA) is 75.7 Å². The van der Waals surface area contributed by atoms with Crippen LogP contribution >= 0.6 is 0 Å². The minimum Gasteiger partial charge on any atom is -0.489 e. The van der Waals surface area contributed by atoms with Crippen molar-refractivity contribution in [2.75, 3.05) is 17.1 Å². The van der Waals surface area contributed by atoms with Gasteiger partial charge in [-0.3, -0.25) is 9.10 Å². The van der Waals surface area contributed by atoms with Crippen molar-refractivity contribution in [2.24, 2.45) is 0 Å². The Morgan fingerprint density at radius 2 is 1.71 bits per heavy atom. The second-order valence-corrected chi connectivity index (χ2v) is 8.99. The van der Waals surface area contributed by atoms with E-state index in [2.05, 4.69) is 5.32 Å². The Hall–Kier alpha value is -2.54. The van der Waals surface area contributed by atoms with Crippen molar-refractivity contribution < 1.29 is 17.9 Å². The van der Waals surface area contributed by atoms with Gasteiger partial charge in [0.05, 0.1) is 11.9 Å². The van der Waals surface area contributed by atoms with E-state index in [4.69, 9.17) is 4.74 Å². The molecule has 28 heavy (non-hydrogen) atoms. The molecule has 1 aliphatic rings. The standard InChI is InChI=1S/C21H26N2O4S/c1-28(25,26)23(15-21(24)22-18-9-5-6-10-18)19-11-13-20(14-12-19)27-16-17-7-3-2-4-8-17/h2-4,7-8,11-14,18H,5-6,9-10,15-16H2,1H3,(H,22,24). The van der Waals surface area contributed by atoms with Gasteiger partial charge in [0.15, 0.2) is 0 Å². The van der Waals surface area contributed by atoms with Crippen molar-refractivity contribution >= 4 is 21.6 Å². The largest absolute Gasteiger partial charge is 0.489 e. The number of sulfonamides is 1. The molecule has 1 fully saturated rings. The maximum absolute atomic E-state index is 12.3. The van der Waals surface area contributed by atoms with Gasteiger partial charge in [0.1, 0.15) is 18.9 Å². The average Bonchev–Trinajstić information content (AvgIpc) is 3.18. The fourth-order valence-corrected chi connectivity index (χ4v) is 4.18. The van der Waals surface area contributed by atoms with E-state index in [1.165, 1.54) is 0 Å². The molecule has 1 aliphatic carbocycles. The van der Waals surface area contributed by atoms with Crippen LogP contribution in [0.15, 0.2) is 54.6 Å². The van der Waals surface area contributed by atoms with Crippen LogP contribution in [0.4, 0.5) is 5.69 Å². The van der Waals surface area contributed by atoms with E-state index < -0.39 is 10.0 Å². The van der Waals surface area contributed by atoms with Crippen molar-refractivity contribution in [3.05, 3.63) is 60.2 Å². The van der Waals surface area contributed by atoms with Gasteiger partial charge in [-0.15, -0.1) is 0 Å². The van der Waals surface area contributed by atoms with Gasteiger partial charge in [0.25, 0.3) is 0 Å². The summed E-state index contributed by atoms with van der Waals surface area (Å²) >= 11 is 0. The van der Waals surface area contributed by atoms with E-state index in [0.717, 1.165) is 41.8 Å². The van der Waals surface area contributed by atoms with Crippen LogP contribution in [0.25, 0.3) is 0 Å². The summed E-state index contributed by atoms with van der Waals surface area (Å²) in [6.07, 6.45) is 5.22. The van der Waals surface area contributed by atoms with Gasteiger partial charge in [-0.2, -0.15) is 0 Å². The molecule has 150 valence electrons. The van der Waals surface area contributed by atoms with Crippen molar-refractivity contribution in [1.29, 1.82) is 0 Å². The summed E-state index contributed by atoms with van der Waals surface area (Å²) < 4.78 is 31.3. The number of amides is 1. The summed E-state index contributed by atoms with van der Waals surface area (Å²) in [7, 11) is -3.58. The molecule has 0 atom stereocenters. The lowest BCUT2D eigenvalue weighted by atomic mass is 10.2. The molecule has 2 aromatic carbocycles. The van der Waals surface area contributed by atoms with E-state index in [9.17, 15) is 13.2 Å². The van der Waals surface area contributed by atoms with Crippen molar-refractivity contribution in [1.82, 2.24) is 5.32 Å². The molecule has 0 aromatic heterocycles. The van der Waals surface area contributed by atoms with Crippen LogP contribution in [0.5, 0.6) is 5.75 Å². The molecule has 6 nitrogen and oxygen atoms in total. The number of hydrogen-bond donors (Lipinski definition) is 1. The third kappa shape index (κ3) is 5.73. The Morgan fingerprint density at radius 3 is 2.32 bits per heavy atom. The fourth-order valence-electron chi connectivity index (χ4n) is 3.32. The predicted molar refractivity (Wildman–Crippen MR) is 110 cm³/mol. The molecule has 0 aliphatic heterocycles. The molecule has 0 unspecified atom stereocenters. The van der Waals surface area contributed by atoms with Crippen LogP contribution in [-0.2, 0) is 21.4 Å². The molecule has 2 aromatic rings. The van der Waals surface area contributed by atoms with Crippen LogP contribution in [0, 0.1) is 0 Å². The lowest BCUT2D eigenvalue weighted by Crippen LogP contribution is -2.43. The molecule has 1 saturated carbocycles. The van der Waals surface area contributed by atoms with E-state index in [0.29, 0.717) is 18.0 Å². The fraction of sp³-hybridized carbons (Fsp3) is 0.381. The van der Waals surface area contributed by atoms with E-state index in [-0.39, 0.29) is 18.5 Å². The van der Waals surface area contributed by atoms with Crippen LogP contribution in [0.2, 0.25) is 0 Å². The summed E-state index contributed by atoms with van der Waals surface area (Å²) in [5.74, 6) is 0.359. The zero-order valence-corrected chi connectivity index (χ0v) is 16.8. The first-order valence-corrected chi connectivity index (χ1v) is 11.3. The summed E-state index contributed by atoms with van der Waals surface area (Å²) in [6.45, 7) is 0.208. The first kappa shape index (κ1) is 20.2. The Morgan fingerprint density at radius 1 is 1.07 bits per heavy atom. The third-order valence-corrected chi connectivity index (χ3v) is 5.92. The summed E-state index contributed by atoms with van der Waals surface area (Å²) in [6, 6.07) is 16.7. The maximum Gasteiger partial charge on any atom is 0.240 e. The Kier molecular flexibility index (Phi) is 6.57. The highest BCUT2D eigenvalue weighted by Gasteiger charge is 2.23. The second kappa shape index (κ2) is 9.10. The van der Waals surface area contributed by atoms with E-state index >= 15 is 0 Å². The molecule has 0 radical (unpaired) electrons. The Labute approximate surface area is 166 Å². The number of nitrogens with zero attached hydrogens (tertiary/aromatic N) is 1. The molecule has 1 N–H and O–H groups in total. The lowest BCUT2D eigenvalue weighted by molar-refractivity contribution is -0.120. The Balaban J connectivity index is 1.64. The molecular formula is C21H26N2O4S. The Bertz CT molecular complexity index is 876. The van der Waals surface area contributed by atoms with Gasteiger partial charge in [-0.05, 0) is 42.7 Å². The number of benzene rings is 2. The number of nitrogens with one attached hydrogen (secondary N) is 1. The third-order valence-electron chi connectivity index (χ3n) is 4.78. The van der Waals surface area contributed by atoms with Crippen LogP contribution < -0.4 is 14.4 Å². The number of rotatable bonds is 8. The molecule has 7 heteroatoms. The van der Waals surface area contributed by atoms with Crippen LogP contribution in [0.3, 0.4) is 0 Å². The van der Waals surface area contributed by atoms with Gasteiger partial charge in [0.2, 0.25) is 15.9 Å². The van der Waals surface area contributed by atoms with E-state index in [1.807, 2.05) is 30.3 Å². The lowest BCUT2D eigenvalue weighted by Gasteiger charge is -2.23. The minimum absolute atomic E-state index is 0.155. The van der Waals surface area contributed by atoms with Gasteiger partial charge < -0.3 is 10.1 Å². The van der Waals surface area contributed by atoms with Gasteiger partial charge in [-0.25, -0.2) is 8.42 Å². The zero-order chi connectivity index (χ0) is 20.0. The maximum atomic E-state index is 12.3. The number of anilines is 1. The number of carbonyl (C=O) groups is 1. The number of hydrogen-bond acceptors (Lipinski definition) is 4. The molecule has 0 heterocycles. The molecule has 1 amide bonds.